The van der Waals surface area contributed by atoms with E-state index in [9.17, 15) is 18.0 Å². The zero-order valence-corrected chi connectivity index (χ0v) is 11.0. The molecule has 0 radical (unpaired) electrons. The minimum absolute atomic E-state index is 0.175. The minimum atomic E-state index is -4.51. The molecule has 0 spiro atoms. The molecule has 1 rings (SSSR count). The van der Waals surface area contributed by atoms with Crippen LogP contribution >= 0.6 is 11.8 Å². The van der Waals surface area contributed by atoms with Crippen molar-refractivity contribution in [2.45, 2.75) is 23.7 Å². The number of ether oxygens (including phenoxy) is 1. The van der Waals surface area contributed by atoms with Crippen molar-refractivity contribution in [3.05, 3.63) is 28.8 Å². The Morgan fingerprint density at radius 2 is 2.11 bits per heavy atom. The molecule has 0 heterocycles. The molecule has 102 valence electrons. The normalized spacial score (nSPS) is 10.9. The van der Waals surface area contributed by atoms with Crippen LogP contribution in [0.15, 0.2) is 17.0 Å². The van der Waals surface area contributed by atoms with Crippen LogP contribution in [0.5, 0.6) is 0 Å². The van der Waals surface area contributed by atoms with E-state index in [-0.39, 0.29) is 16.0 Å². The Morgan fingerprint density at radius 3 is 2.53 bits per heavy atom. The van der Waals surface area contributed by atoms with E-state index >= 15 is 0 Å². The number of halogens is 3. The SMILES string of the molecule is CCc1cc(SC(F)(F)F)c(C(=O)OC)cc1C#N. The largest absolute Gasteiger partial charge is 0.465 e. The van der Waals surface area contributed by atoms with Crippen LogP contribution in [0.1, 0.15) is 28.4 Å². The van der Waals surface area contributed by atoms with Gasteiger partial charge in [-0.05, 0) is 35.9 Å². The van der Waals surface area contributed by atoms with Gasteiger partial charge in [0.1, 0.15) is 0 Å². The van der Waals surface area contributed by atoms with Crippen LogP contribution in [0.2, 0.25) is 0 Å². The Labute approximate surface area is 112 Å². The molecule has 0 saturated heterocycles. The van der Waals surface area contributed by atoms with Gasteiger partial charge in [0.25, 0.3) is 0 Å². The van der Waals surface area contributed by atoms with Gasteiger partial charge in [0, 0.05) is 4.90 Å². The summed E-state index contributed by atoms with van der Waals surface area (Å²) >= 11 is -0.390. The topological polar surface area (TPSA) is 50.1 Å². The quantitative estimate of drug-likeness (QED) is 0.631. The summed E-state index contributed by atoms with van der Waals surface area (Å²) in [6.45, 7) is 1.72. The lowest BCUT2D eigenvalue weighted by Gasteiger charge is -2.12. The molecular weight excluding hydrogens is 279 g/mol. The maximum atomic E-state index is 12.5. The number of carbonyl (C=O) groups excluding carboxylic acids is 1. The summed E-state index contributed by atoms with van der Waals surface area (Å²) < 4.78 is 41.8. The van der Waals surface area contributed by atoms with E-state index < -0.39 is 23.2 Å². The number of thioether (sulfide) groups is 1. The zero-order chi connectivity index (χ0) is 14.6. The number of carbonyl (C=O) groups is 1. The fraction of sp³-hybridized carbons (Fsp3) is 0.333. The van der Waals surface area contributed by atoms with Gasteiger partial charge in [-0.3, -0.25) is 0 Å². The first kappa shape index (κ1) is 15.4. The summed E-state index contributed by atoms with van der Waals surface area (Å²) in [6, 6.07) is 4.21. The van der Waals surface area contributed by atoms with Gasteiger partial charge in [-0.1, -0.05) is 6.92 Å². The molecule has 0 aliphatic rings. The molecule has 1 aromatic rings. The van der Waals surface area contributed by atoms with Crippen LogP contribution in [0.4, 0.5) is 13.2 Å². The van der Waals surface area contributed by atoms with E-state index in [1.165, 1.54) is 6.07 Å². The Bertz CT molecular complexity index is 535. The van der Waals surface area contributed by atoms with Gasteiger partial charge in [0.2, 0.25) is 0 Å². The molecular formula is C12H10F3NO2S. The lowest BCUT2D eigenvalue weighted by Crippen LogP contribution is -2.08. The number of methoxy groups -OCH3 is 1. The van der Waals surface area contributed by atoms with E-state index in [1.807, 2.05) is 6.07 Å². The van der Waals surface area contributed by atoms with Crippen LogP contribution in [0.25, 0.3) is 0 Å². The predicted octanol–water partition coefficient (Wildman–Crippen LogP) is 3.52. The number of alkyl halides is 3. The summed E-state index contributed by atoms with van der Waals surface area (Å²) in [6.07, 6.45) is 0.399. The highest BCUT2D eigenvalue weighted by atomic mass is 32.2. The Hall–Kier alpha value is -1.68. The van der Waals surface area contributed by atoms with Gasteiger partial charge in [0.15, 0.2) is 0 Å². The molecule has 0 aliphatic carbocycles. The summed E-state index contributed by atoms with van der Waals surface area (Å²) in [5.74, 6) is -0.897. The van der Waals surface area contributed by atoms with E-state index in [0.29, 0.717) is 12.0 Å². The van der Waals surface area contributed by atoms with E-state index in [2.05, 4.69) is 4.74 Å². The van der Waals surface area contributed by atoms with Crippen LogP contribution < -0.4 is 0 Å². The molecule has 0 saturated carbocycles. The zero-order valence-electron chi connectivity index (χ0n) is 10.2. The maximum Gasteiger partial charge on any atom is 0.446 e. The molecule has 0 bridgehead atoms. The van der Waals surface area contributed by atoms with Gasteiger partial charge in [0.05, 0.1) is 24.3 Å². The number of aryl methyl sites for hydroxylation is 1. The van der Waals surface area contributed by atoms with Crippen molar-refractivity contribution in [1.29, 1.82) is 5.26 Å². The second-order valence-electron chi connectivity index (χ2n) is 3.51. The van der Waals surface area contributed by atoms with Gasteiger partial charge in [-0.25, -0.2) is 4.79 Å². The minimum Gasteiger partial charge on any atom is -0.465 e. The number of nitriles is 1. The molecule has 0 aliphatic heterocycles. The van der Waals surface area contributed by atoms with Gasteiger partial charge in [-0.15, -0.1) is 0 Å². The average molecular weight is 289 g/mol. The van der Waals surface area contributed by atoms with Gasteiger partial charge >= 0.3 is 11.5 Å². The molecule has 0 fully saturated rings. The van der Waals surface area contributed by atoms with Crippen LogP contribution in [-0.4, -0.2) is 18.6 Å². The fourth-order valence-corrected chi connectivity index (χ4v) is 2.20. The first-order valence-corrected chi connectivity index (χ1v) is 6.05. The second kappa shape index (κ2) is 5.97. The van der Waals surface area contributed by atoms with Crippen molar-refractivity contribution < 1.29 is 22.7 Å². The van der Waals surface area contributed by atoms with Crippen molar-refractivity contribution in [3.63, 3.8) is 0 Å². The van der Waals surface area contributed by atoms with Gasteiger partial charge in [-0.2, -0.15) is 18.4 Å². The van der Waals surface area contributed by atoms with Crippen LogP contribution in [0.3, 0.4) is 0 Å². The molecule has 19 heavy (non-hydrogen) atoms. The lowest BCUT2D eigenvalue weighted by atomic mass is 10.0. The number of hydrogen-bond acceptors (Lipinski definition) is 4. The maximum absolute atomic E-state index is 12.5. The Balaban J connectivity index is 3.41. The highest BCUT2D eigenvalue weighted by Gasteiger charge is 2.32. The second-order valence-corrected chi connectivity index (χ2v) is 4.62. The standard InChI is InChI=1S/C12H10F3NO2S/c1-3-7-5-10(19-12(13,14)15)9(11(17)18-2)4-8(7)6-16/h4-5H,3H2,1-2H3. The third-order valence-corrected chi connectivity index (χ3v) is 3.13. The molecule has 0 aromatic heterocycles. The van der Waals surface area contributed by atoms with Crippen molar-refractivity contribution in [2.75, 3.05) is 7.11 Å². The highest BCUT2D eigenvalue weighted by molar-refractivity contribution is 8.00. The van der Waals surface area contributed by atoms with Crippen molar-refractivity contribution >= 4 is 17.7 Å². The molecule has 0 N–H and O–H groups in total. The lowest BCUT2D eigenvalue weighted by molar-refractivity contribution is -0.0328. The number of nitrogens with zero attached hydrogens (tertiary/aromatic N) is 1. The highest BCUT2D eigenvalue weighted by Crippen LogP contribution is 2.39. The van der Waals surface area contributed by atoms with Gasteiger partial charge < -0.3 is 4.74 Å². The molecule has 0 amide bonds. The Morgan fingerprint density at radius 1 is 1.47 bits per heavy atom. The number of benzene rings is 1. The number of esters is 1. The average Bonchev–Trinajstić information content (AvgIpc) is 2.35. The third kappa shape index (κ3) is 3.89. The fourth-order valence-electron chi connectivity index (χ4n) is 1.50. The van der Waals surface area contributed by atoms with E-state index in [1.54, 1.807) is 6.92 Å². The third-order valence-electron chi connectivity index (χ3n) is 2.34. The van der Waals surface area contributed by atoms with Crippen molar-refractivity contribution in [1.82, 2.24) is 0 Å². The smallest absolute Gasteiger partial charge is 0.446 e. The summed E-state index contributed by atoms with van der Waals surface area (Å²) in [7, 11) is 1.07. The predicted molar refractivity (Wildman–Crippen MR) is 63.8 cm³/mol. The molecule has 1 aromatic carbocycles. The number of hydrogen-bond donors (Lipinski definition) is 0. The first-order chi connectivity index (χ1) is 8.82. The monoisotopic (exact) mass is 289 g/mol. The molecule has 3 nitrogen and oxygen atoms in total. The summed E-state index contributed by atoms with van der Waals surface area (Å²) in [5, 5.41) is 8.92. The van der Waals surface area contributed by atoms with Crippen LogP contribution in [-0.2, 0) is 11.2 Å². The van der Waals surface area contributed by atoms with Crippen molar-refractivity contribution in [2.24, 2.45) is 0 Å². The van der Waals surface area contributed by atoms with Crippen molar-refractivity contribution in [3.8, 4) is 6.07 Å². The summed E-state index contributed by atoms with van der Waals surface area (Å²) in [4.78, 5) is 11.2. The van der Waals surface area contributed by atoms with E-state index in [4.69, 9.17) is 5.26 Å². The molecule has 0 atom stereocenters. The molecule has 0 unspecified atom stereocenters. The first-order valence-electron chi connectivity index (χ1n) is 5.23. The number of rotatable bonds is 3. The van der Waals surface area contributed by atoms with E-state index in [0.717, 1.165) is 13.2 Å². The van der Waals surface area contributed by atoms with Crippen LogP contribution in [0, 0.1) is 11.3 Å². The summed E-state index contributed by atoms with van der Waals surface area (Å²) in [5.41, 5.74) is -4.13. The Kier molecular flexibility index (Phi) is 4.84. The molecule has 7 heteroatoms.